The lowest BCUT2D eigenvalue weighted by molar-refractivity contribution is -0.139. The molecule has 1 aromatic carbocycles. The molecular formula is C21H33N3O3. The summed E-state index contributed by atoms with van der Waals surface area (Å²) in [6.07, 6.45) is 2.68. The second kappa shape index (κ2) is 9.22. The van der Waals surface area contributed by atoms with Gasteiger partial charge in [-0.25, -0.2) is 4.79 Å². The largest absolute Gasteiger partial charge is 0.480 e. The third kappa shape index (κ3) is 5.96. The van der Waals surface area contributed by atoms with Gasteiger partial charge in [-0.1, -0.05) is 52.0 Å². The minimum atomic E-state index is -0.806. The summed E-state index contributed by atoms with van der Waals surface area (Å²) in [5.41, 5.74) is 2.54. The fourth-order valence-corrected chi connectivity index (χ4v) is 3.37. The Kier molecular flexibility index (Phi) is 7.25. The molecule has 2 amide bonds. The van der Waals surface area contributed by atoms with E-state index in [0.29, 0.717) is 13.1 Å². The number of aliphatic carboxylic acids is 1. The van der Waals surface area contributed by atoms with Gasteiger partial charge in [-0.05, 0) is 42.3 Å². The fraction of sp³-hybridized carbons (Fsp3) is 0.619. The third-order valence-electron chi connectivity index (χ3n) is 5.78. The van der Waals surface area contributed by atoms with E-state index in [4.69, 9.17) is 5.11 Å². The molecule has 0 aromatic heterocycles. The van der Waals surface area contributed by atoms with Crippen molar-refractivity contribution in [2.24, 2.45) is 0 Å². The molecule has 1 saturated carbocycles. The highest BCUT2D eigenvalue weighted by molar-refractivity contribution is 5.74. The highest BCUT2D eigenvalue weighted by Gasteiger charge is 2.34. The highest BCUT2D eigenvalue weighted by Crippen LogP contribution is 2.27. The molecule has 0 radical (unpaired) electrons. The van der Waals surface area contributed by atoms with E-state index in [1.807, 2.05) is 11.8 Å². The Labute approximate surface area is 162 Å². The number of rotatable bonds is 9. The molecule has 0 bridgehead atoms. The van der Waals surface area contributed by atoms with Crippen LogP contribution in [0.15, 0.2) is 24.3 Å². The predicted octanol–water partition coefficient (Wildman–Crippen LogP) is 3.11. The van der Waals surface area contributed by atoms with E-state index in [2.05, 4.69) is 55.7 Å². The molecule has 150 valence electrons. The van der Waals surface area contributed by atoms with E-state index in [9.17, 15) is 9.59 Å². The van der Waals surface area contributed by atoms with Crippen LogP contribution >= 0.6 is 0 Å². The molecule has 1 fully saturated rings. The van der Waals surface area contributed by atoms with Crippen molar-refractivity contribution in [3.05, 3.63) is 35.4 Å². The molecule has 3 N–H and O–H groups in total. The van der Waals surface area contributed by atoms with Crippen molar-refractivity contribution in [3.8, 4) is 0 Å². The lowest BCUT2D eigenvalue weighted by atomic mass is 9.82. The standard InChI is InChI=1S/C21H33N3O3/c1-5-21(3,4)16-9-7-15(8-10-16)13-22-20(27)23-17-11-18(12-17)24(6-2)14-19(25)26/h7-10,17-18H,5-6,11-14H2,1-4H3,(H,25,26)(H2,22,23,27). The quantitative estimate of drug-likeness (QED) is 0.619. The zero-order valence-corrected chi connectivity index (χ0v) is 16.9. The summed E-state index contributed by atoms with van der Waals surface area (Å²) in [5.74, 6) is -0.806. The van der Waals surface area contributed by atoms with E-state index in [0.717, 1.165) is 24.8 Å². The molecular weight excluding hydrogens is 342 g/mol. The molecule has 0 heterocycles. The van der Waals surface area contributed by atoms with E-state index < -0.39 is 5.97 Å². The zero-order valence-electron chi connectivity index (χ0n) is 16.9. The number of nitrogens with zero attached hydrogens (tertiary/aromatic N) is 1. The normalized spacial score (nSPS) is 19.4. The molecule has 1 aromatic rings. The van der Waals surface area contributed by atoms with Crippen molar-refractivity contribution in [1.82, 2.24) is 15.5 Å². The second-order valence-corrected chi connectivity index (χ2v) is 8.04. The number of amides is 2. The van der Waals surface area contributed by atoms with Crippen molar-refractivity contribution >= 4 is 12.0 Å². The van der Waals surface area contributed by atoms with Crippen LogP contribution in [0.2, 0.25) is 0 Å². The Morgan fingerprint density at radius 2 is 1.81 bits per heavy atom. The topological polar surface area (TPSA) is 81.7 Å². The summed E-state index contributed by atoms with van der Waals surface area (Å²) in [5, 5.41) is 14.8. The maximum Gasteiger partial charge on any atom is 0.317 e. The molecule has 6 nitrogen and oxygen atoms in total. The van der Waals surface area contributed by atoms with Gasteiger partial charge >= 0.3 is 12.0 Å². The Morgan fingerprint density at radius 1 is 1.19 bits per heavy atom. The summed E-state index contributed by atoms with van der Waals surface area (Å²) in [6, 6.07) is 8.59. The van der Waals surface area contributed by atoms with Crippen molar-refractivity contribution in [3.63, 3.8) is 0 Å². The highest BCUT2D eigenvalue weighted by atomic mass is 16.4. The first-order chi connectivity index (χ1) is 12.7. The predicted molar refractivity (Wildman–Crippen MR) is 107 cm³/mol. The summed E-state index contributed by atoms with van der Waals surface area (Å²) < 4.78 is 0. The minimum Gasteiger partial charge on any atom is -0.480 e. The van der Waals surface area contributed by atoms with Crippen molar-refractivity contribution < 1.29 is 14.7 Å². The van der Waals surface area contributed by atoms with Gasteiger partial charge in [0.2, 0.25) is 0 Å². The van der Waals surface area contributed by atoms with Gasteiger partial charge in [0, 0.05) is 18.6 Å². The van der Waals surface area contributed by atoms with Gasteiger partial charge in [-0.15, -0.1) is 0 Å². The van der Waals surface area contributed by atoms with Crippen LogP contribution in [0.5, 0.6) is 0 Å². The number of urea groups is 1. The Balaban J connectivity index is 1.72. The summed E-state index contributed by atoms with van der Waals surface area (Å²) >= 11 is 0. The Hall–Kier alpha value is -2.08. The fourth-order valence-electron chi connectivity index (χ4n) is 3.37. The molecule has 0 atom stereocenters. The SMILES string of the molecule is CCN(CC(=O)O)C1CC(NC(=O)NCc2ccc(C(C)(C)CC)cc2)C1. The summed E-state index contributed by atoms with van der Waals surface area (Å²) in [6.45, 7) is 9.88. The van der Waals surface area contributed by atoms with E-state index in [1.54, 1.807) is 0 Å². The number of hydrogen-bond acceptors (Lipinski definition) is 3. The number of hydrogen-bond donors (Lipinski definition) is 3. The number of carbonyl (C=O) groups excluding carboxylic acids is 1. The number of likely N-dealkylation sites (N-methyl/N-ethyl adjacent to an activating group) is 1. The van der Waals surface area contributed by atoms with Crippen molar-refractivity contribution in [2.45, 2.75) is 71.0 Å². The maximum absolute atomic E-state index is 12.1. The number of carboxylic acid groups (broad SMARTS) is 1. The van der Waals surface area contributed by atoms with Crippen LogP contribution in [-0.2, 0) is 16.8 Å². The van der Waals surface area contributed by atoms with Crippen LogP contribution in [0, 0.1) is 0 Å². The maximum atomic E-state index is 12.1. The molecule has 0 spiro atoms. The first-order valence-corrected chi connectivity index (χ1v) is 9.84. The molecule has 6 heteroatoms. The second-order valence-electron chi connectivity index (χ2n) is 8.04. The van der Waals surface area contributed by atoms with Crippen LogP contribution < -0.4 is 10.6 Å². The third-order valence-corrected chi connectivity index (χ3v) is 5.78. The number of carboxylic acids is 1. The van der Waals surface area contributed by atoms with E-state index in [1.165, 1.54) is 5.56 Å². The molecule has 1 aliphatic rings. The van der Waals surface area contributed by atoms with Gasteiger partial charge in [-0.3, -0.25) is 9.69 Å². The van der Waals surface area contributed by atoms with Gasteiger partial charge in [0.05, 0.1) is 6.54 Å². The van der Waals surface area contributed by atoms with E-state index >= 15 is 0 Å². The zero-order chi connectivity index (χ0) is 20.0. The van der Waals surface area contributed by atoms with Crippen molar-refractivity contribution in [1.29, 1.82) is 0 Å². The number of benzene rings is 1. The monoisotopic (exact) mass is 375 g/mol. The van der Waals surface area contributed by atoms with Gasteiger partial charge in [0.15, 0.2) is 0 Å². The molecule has 2 rings (SSSR count). The molecule has 0 saturated heterocycles. The Bertz CT molecular complexity index is 637. The van der Waals surface area contributed by atoms with Crippen LogP contribution in [-0.4, -0.2) is 47.2 Å². The molecule has 27 heavy (non-hydrogen) atoms. The number of nitrogens with one attached hydrogen (secondary N) is 2. The van der Waals surface area contributed by atoms with Gasteiger partial charge in [-0.2, -0.15) is 0 Å². The Morgan fingerprint density at radius 3 is 2.33 bits per heavy atom. The first-order valence-electron chi connectivity index (χ1n) is 9.84. The summed E-state index contributed by atoms with van der Waals surface area (Å²) in [4.78, 5) is 24.9. The van der Waals surface area contributed by atoms with E-state index in [-0.39, 0.29) is 30.1 Å². The van der Waals surface area contributed by atoms with Crippen LogP contribution in [0.4, 0.5) is 4.79 Å². The lowest BCUT2D eigenvalue weighted by Gasteiger charge is -2.42. The smallest absolute Gasteiger partial charge is 0.317 e. The van der Waals surface area contributed by atoms with Crippen LogP contribution in [0.1, 0.15) is 58.1 Å². The molecule has 0 aliphatic heterocycles. The van der Waals surface area contributed by atoms with Gasteiger partial charge in [0.25, 0.3) is 0 Å². The summed E-state index contributed by atoms with van der Waals surface area (Å²) in [7, 11) is 0. The minimum absolute atomic E-state index is 0.0604. The van der Waals surface area contributed by atoms with Crippen LogP contribution in [0.3, 0.4) is 0 Å². The molecule has 1 aliphatic carbocycles. The van der Waals surface area contributed by atoms with Gasteiger partial charge in [0.1, 0.15) is 0 Å². The molecule has 0 unspecified atom stereocenters. The van der Waals surface area contributed by atoms with Gasteiger partial charge < -0.3 is 15.7 Å². The average molecular weight is 376 g/mol. The number of carbonyl (C=O) groups is 2. The average Bonchev–Trinajstić information content (AvgIpc) is 2.61. The lowest BCUT2D eigenvalue weighted by Crippen LogP contribution is -2.56. The first kappa shape index (κ1) is 21.2. The van der Waals surface area contributed by atoms with Crippen LogP contribution in [0.25, 0.3) is 0 Å². The van der Waals surface area contributed by atoms with Crippen molar-refractivity contribution in [2.75, 3.05) is 13.1 Å².